The molecular weight excluding hydrogens is 332 g/mol. The Bertz CT molecular complexity index is 582. The number of aliphatic imine (C=N–C) groups is 1. The van der Waals surface area contributed by atoms with Crippen molar-refractivity contribution < 1.29 is 9.47 Å². The SMILES string of the molecule is CN=C(NCCCCn1ccccc1=O)NCCCOCC1CCCO1. The third-order valence-electron chi connectivity index (χ3n) is 4.33. The van der Waals surface area contributed by atoms with Crippen molar-refractivity contribution in [2.24, 2.45) is 4.99 Å². The van der Waals surface area contributed by atoms with Gasteiger partial charge in [-0.2, -0.15) is 0 Å². The minimum atomic E-state index is 0.0552. The summed E-state index contributed by atoms with van der Waals surface area (Å²) in [4.78, 5) is 15.8. The fourth-order valence-electron chi connectivity index (χ4n) is 2.85. The predicted octanol–water partition coefficient (Wildman–Crippen LogP) is 1.38. The Morgan fingerprint density at radius 1 is 1.31 bits per heavy atom. The Kier molecular flexibility index (Phi) is 9.82. The smallest absolute Gasteiger partial charge is 0.250 e. The van der Waals surface area contributed by atoms with Gasteiger partial charge in [-0.05, 0) is 38.2 Å². The number of pyridine rings is 1. The van der Waals surface area contributed by atoms with E-state index >= 15 is 0 Å². The first kappa shape index (κ1) is 20.5. The van der Waals surface area contributed by atoms with E-state index in [4.69, 9.17) is 9.47 Å². The minimum absolute atomic E-state index is 0.0552. The number of nitrogens with one attached hydrogen (secondary N) is 2. The van der Waals surface area contributed by atoms with Gasteiger partial charge in [-0.1, -0.05) is 6.07 Å². The largest absolute Gasteiger partial charge is 0.379 e. The number of aromatic nitrogens is 1. The highest BCUT2D eigenvalue weighted by molar-refractivity contribution is 5.79. The van der Waals surface area contributed by atoms with Gasteiger partial charge in [0.25, 0.3) is 0 Å². The molecule has 7 nitrogen and oxygen atoms in total. The lowest BCUT2D eigenvalue weighted by atomic mass is 10.2. The molecule has 1 aliphatic heterocycles. The number of hydrogen-bond donors (Lipinski definition) is 2. The first-order chi connectivity index (χ1) is 12.8. The molecular formula is C19H32N4O3. The Labute approximate surface area is 155 Å². The van der Waals surface area contributed by atoms with Crippen LogP contribution in [0.3, 0.4) is 0 Å². The van der Waals surface area contributed by atoms with Crippen LogP contribution in [-0.2, 0) is 16.0 Å². The molecule has 2 heterocycles. The van der Waals surface area contributed by atoms with Crippen LogP contribution in [0.4, 0.5) is 0 Å². The molecule has 1 fully saturated rings. The lowest BCUT2D eigenvalue weighted by molar-refractivity contribution is 0.0168. The van der Waals surface area contributed by atoms with E-state index in [1.165, 1.54) is 0 Å². The van der Waals surface area contributed by atoms with Gasteiger partial charge in [0.05, 0.1) is 12.7 Å². The zero-order valence-corrected chi connectivity index (χ0v) is 15.8. The standard InChI is InChI=1S/C19H32N4O3/c1-20-19(22-11-7-14-25-16-17-8-6-15-26-17)21-10-3-5-13-23-12-4-2-9-18(23)24/h2,4,9,12,17H,3,5-8,10-11,13-16H2,1H3,(H2,20,21,22). The molecule has 0 amide bonds. The van der Waals surface area contributed by atoms with Crippen molar-refractivity contribution in [3.63, 3.8) is 0 Å². The molecule has 2 N–H and O–H groups in total. The molecule has 0 saturated carbocycles. The lowest BCUT2D eigenvalue weighted by Crippen LogP contribution is -2.38. The Morgan fingerprint density at radius 2 is 2.15 bits per heavy atom. The van der Waals surface area contributed by atoms with Crippen molar-refractivity contribution >= 4 is 5.96 Å². The third kappa shape index (κ3) is 8.01. The highest BCUT2D eigenvalue weighted by Crippen LogP contribution is 2.11. The summed E-state index contributed by atoms with van der Waals surface area (Å²) in [5.41, 5.74) is 0.0552. The number of hydrogen-bond acceptors (Lipinski definition) is 4. The summed E-state index contributed by atoms with van der Waals surface area (Å²) >= 11 is 0. The van der Waals surface area contributed by atoms with Crippen LogP contribution in [0.15, 0.2) is 34.2 Å². The van der Waals surface area contributed by atoms with E-state index in [1.807, 2.05) is 12.3 Å². The quantitative estimate of drug-likeness (QED) is 0.352. The molecule has 7 heteroatoms. The molecule has 146 valence electrons. The fourth-order valence-corrected chi connectivity index (χ4v) is 2.85. The summed E-state index contributed by atoms with van der Waals surface area (Å²) in [5, 5.41) is 6.58. The van der Waals surface area contributed by atoms with Gasteiger partial charge in [0.1, 0.15) is 0 Å². The molecule has 2 rings (SSSR count). The van der Waals surface area contributed by atoms with Crippen LogP contribution in [0, 0.1) is 0 Å². The Balaban J connectivity index is 1.46. The molecule has 1 atom stereocenters. The van der Waals surface area contributed by atoms with Crippen LogP contribution in [0.2, 0.25) is 0 Å². The van der Waals surface area contributed by atoms with Crippen molar-refractivity contribution in [1.29, 1.82) is 0 Å². The number of unbranched alkanes of at least 4 members (excludes halogenated alkanes) is 1. The van der Waals surface area contributed by atoms with Gasteiger partial charge in [-0.25, -0.2) is 0 Å². The Morgan fingerprint density at radius 3 is 2.88 bits per heavy atom. The van der Waals surface area contributed by atoms with Crippen molar-refractivity contribution in [2.45, 2.75) is 44.8 Å². The van der Waals surface area contributed by atoms with Crippen LogP contribution in [0.25, 0.3) is 0 Å². The molecule has 0 aliphatic carbocycles. The van der Waals surface area contributed by atoms with Crippen LogP contribution >= 0.6 is 0 Å². The lowest BCUT2D eigenvalue weighted by Gasteiger charge is -2.13. The number of aryl methyl sites for hydroxylation is 1. The van der Waals surface area contributed by atoms with E-state index in [0.717, 1.165) is 70.9 Å². The first-order valence-corrected chi connectivity index (χ1v) is 9.59. The highest BCUT2D eigenvalue weighted by atomic mass is 16.5. The van der Waals surface area contributed by atoms with Gasteiger partial charge in [-0.15, -0.1) is 0 Å². The average molecular weight is 364 g/mol. The fraction of sp³-hybridized carbons (Fsp3) is 0.684. The van der Waals surface area contributed by atoms with Gasteiger partial charge in [-0.3, -0.25) is 9.79 Å². The van der Waals surface area contributed by atoms with Gasteiger partial charge in [0, 0.05) is 52.2 Å². The van der Waals surface area contributed by atoms with Crippen molar-refractivity contribution in [2.75, 3.05) is 40.0 Å². The molecule has 1 unspecified atom stereocenters. The summed E-state index contributed by atoms with van der Waals surface area (Å²) in [5.74, 6) is 0.806. The second-order valence-corrected chi connectivity index (χ2v) is 6.43. The molecule has 0 radical (unpaired) electrons. The van der Waals surface area contributed by atoms with E-state index in [2.05, 4.69) is 15.6 Å². The van der Waals surface area contributed by atoms with Gasteiger partial charge in [0.2, 0.25) is 5.56 Å². The van der Waals surface area contributed by atoms with Crippen molar-refractivity contribution in [3.05, 3.63) is 34.7 Å². The Hall–Kier alpha value is -1.86. The van der Waals surface area contributed by atoms with E-state index in [0.29, 0.717) is 12.7 Å². The number of nitrogens with zero attached hydrogens (tertiary/aromatic N) is 2. The number of rotatable bonds is 11. The molecule has 1 aromatic rings. The zero-order valence-electron chi connectivity index (χ0n) is 15.8. The number of guanidine groups is 1. The predicted molar refractivity (Wildman–Crippen MR) is 104 cm³/mol. The molecule has 0 bridgehead atoms. The first-order valence-electron chi connectivity index (χ1n) is 9.59. The maximum absolute atomic E-state index is 11.6. The summed E-state index contributed by atoms with van der Waals surface area (Å²) in [6.45, 7) is 4.71. The van der Waals surface area contributed by atoms with Gasteiger partial charge in [0.15, 0.2) is 5.96 Å². The maximum atomic E-state index is 11.6. The summed E-state index contributed by atoms with van der Waals surface area (Å²) < 4.78 is 12.9. The monoisotopic (exact) mass is 364 g/mol. The van der Waals surface area contributed by atoms with Crippen molar-refractivity contribution in [1.82, 2.24) is 15.2 Å². The van der Waals surface area contributed by atoms with Crippen molar-refractivity contribution in [3.8, 4) is 0 Å². The maximum Gasteiger partial charge on any atom is 0.250 e. The molecule has 0 spiro atoms. The van der Waals surface area contributed by atoms with Crippen LogP contribution in [0.1, 0.15) is 32.1 Å². The minimum Gasteiger partial charge on any atom is -0.379 e. The summed E-state index contributed by atoms with van der Waals surface area (Å²) in [7, 11) is 1.77. The summed E-state index contributed by atoms with van der Waals surface area (Å²) in [6, 6.07) is 5.24. The topological polar surface area (TPSA) is 76.9 Å². The van der Waals surface area contributed by atoms with E-state index in [9.17, 15) is 4.79 Å². The zero-order chi connectivity index (χ0) is 18.5. The second kappa shape index (κ2) is 12.5. The third-order valence-corrected chi connectivity index (χ3v) is 4.33. The van der Waals surface area contributed by atoms with Crippen LogP contribution in [0.5, 0.6) is 0 Å². The molecule has 1 aliphatic rings. The second-order valence-electron chi connectivity index (χ2n) is 6.43. The number of ether oxygens (including phenoxy) is 2. The van der Waals surface area contributed by atoms with Gasteiger partial charge < -0.3 is 24.7 Å². The van der Waals surface area contributed by atoms with E-state index < -0.39 is 0 Å². The van der Waals surface area contributed by atoms with Gasteiger partial charge >= 0.3 is 0 Å². The molecule has 1 aromatic heterocycles. The molecule has 1 saturated heterocycles. The van der Waals surface area contributed by atoms with E-state index in [-0.39, 0.29) is 5.56 Å². The van der Waals surface area contributed by atoms with Crippen LogP contribution in [-0.4, -0.2) is 56.6 Å². The summed E-state index contributed by atoms with van der Waals surface area (Å²) in [6.07, 6.45) is 7.26. The van der Waals surface area contributed by atoms with Crippen LogP contribution < -0.4 is 16.2 Å². The highest BCUT2D eigenvalue weighted by Gasteiger charge is 2.14. The average Bonchev–Trinajstić information content (AvgIpc) is 3.17. The van der Waals surface area contributed by atoms with E-state index in [1.54, 1.807) is 23.7 Å². The molecule has 26 heavy (non-hydrogen) atoms. The molecule has 0 aromatic carbocycles. The normalized spacial score (nSPS) is 17.4.